The van der Waals surface area contributed by atoms with E-state index in [-0.39, 0.29) is 15.8 Å². The van der Waals surface area contributed by atoms with Crippen molar-refractivity contribution in [3.8, 4) is 11.5 Å². The Morgan fingerprint density at radius 2 is 1.72 bits per heavy atom. The Balaban J connectivity index is 3.13. The molecule has 0 amide bonds. The van der Waals surface area contributed by atoms with Crippen LogP contribution in [-0.4, -0.2) is 26.2 Å². The molecule has 0 saturated carbocycles. The molecule has 0 aromatic heterocycles. The average Bonchev–Trinajstić information content (AvgIpc) is 2.26. The van der Waals surface area contributed by atoms with Crippen molar-refractivity contribution in [1.29, 1.82) is 0 Å². The smallest absolute Gasteiger partial charge is 0.396 e. The van der Waals surface area contributed by atoms with Crippen molar-refractivity contribution >= 4 is 21.7 Å². The maximum absolute atomic E-state index is 12.2. The van der Waals surface area contributed by atoms with E-state index in [2.05, 4.69) is 15.9 Å². The van der Waals surface area contributed by atoms with Crippen LogP contribution in [0.1, 0.15) is 16.8 Å². The first-order valence-electron chi connectivity index (χ1n) is 4.80. The number of methoxy groups -OCH3 is 2. The van der Waals surface area contributed by atoms with E-state index >= 15 is 0 Å². The molecule has 0 bridgehead atoms. The van der Waals surface area contributed by atoms with Gasteiger partial charge in [0, 0.05) is 10.0 Å². The lowest BCUT2D eigenvalue weighted by Gasteiger charge is -2.12. The minimum atomic E-state index is -4.54. The maximum Gasteiger partial charge on any atom is 0.396 e. The SMILES string of the molecule is COc1cc(Br)c(C(=O)CC(F)(F)F)cc1OC. The number of carbonyl (C=O) groups is 1. The second kappa shape index (κ2) is 5.60. The lowest BCUT2D eigenvalue weighted by molar-refractivity contribution is -0.125. The first-order valence-corrected chi connectivity index (χ1v) is 5.59. The predicted octanol–water partition coefficient (Wildman–Crippen LogP) is 3.60. The Hall–Kier alpha value is -1.24. The quantitative estimate of drug-likeness (QED) is 0.793. The lowest BCUT2D eigenvalue weighted by atomic mass is 10.1. The number of rotatable bonds is 4. The number of hydrogen-bond acceptors (Lipinski definition) is 3. The number of ether oxygens (including phenoxy) is 2. The summed E-state index contributed by atoms with van der Waals surface area (Å²) in [5.74, 6) is -0.505. The fourth-order valence-corrected chi connectivity index (χ4v) is 1.89. The van der Waals surface area contributed by atoms with Crippen molar-refractivity contribution in [2.75, 3.05) is 14.2 Å². The van der Waals surface area contributed by atoms with Crippen LogP contribution < -0.4 is 9.47 Å². The van der Waals surface area contributed by atoms with Crippen molar-refractivity contribution in [3.63, 3.8) is 0 Å². The highest BCUT2D eigenvalue weighted by Gasteiger charge is 2.32. The minimum Gasteiger partial charge on any atom is -0.493 e. The van der Waals surface area contributed by atoms with Crippen LogP contribution in [0.5, 0.6) is 11.5 Å². The van der Waals surface area contributed by atoms with Gasteiger partial charge in [0.1, 0.15) is 6.42 Å². The van der Waals surface area contributed by atoms with Gasteiger partial charge in [0.05, 0.1) is 14.2 Å². The van der Waals surface area contributed by atoms with E-state index in [1.54, 1.807) is 0 Å². The summed E-state index contributed by atoms with van der Waals surface area (Å²) in [7, 11) is 2.73. The van der Waals surface area contributed by atoms with Gasteiger partial charge in [0.25, 0.3) is 0 Å². The Kier molecular flexibility index (Phi) is 4.61. The second-order valence-corrected chi connectivity index (χ2v) is 4.26. The third kappa shape index (κ3) is 3.63. The normalized spacial score (nSPS) is 11.2. The van der Waals surface area contributed by atoms with Crippen LogP contribution in [0.15, 0.2) is 16.6 Å². The molecule has 0 unspecified atom stereocenters. The molecule has 1 aromatic rings. The van der Waals surface area contributed by atoms with Crippen LogP contribution in [0.3, 0.4) is 0 Å². The van der Waals surface area contributed by atoms with Gasteiger partial charge >= 0.3 is 6.18 Å². The van der Waals surface area contributed by atoms with E-state index in [9.17, 15) is 18.0 Å². The monoisotopic (exact) mass is 326 g/mol. The zero-order valence-corrected chi connectivity index (χ0v) is 11.2. The van der Waals surface area contributed by atoms with Gasteiger partial charge in [-0.25, -0.2) is 0 Å². The highest BCUT2D eigenvalue weighted by atomic mass is 79.9. The molecule has 0 spiro atoms. The van der Waals surface area contributed by atoms with Crippen LogP contribution in [-0.2, 0) is 0 Å². The van der Waals surface area contributed by atoms with Gasteiger partial charge in [-0.1, -0.05) is 0 Å². The molecule has 100 valence electrons. The van der Waals surface area contributed by atoms with Gasteiger partial charge in [-0.15, -0.1) is 0 Å². The molecule has 7 heteroatoms. The first kappa shape index (κ1) is 14.8. The second-order valence-electron chi connectivity index (χ2n) is 3.40. The van der Waals surface area contributed by atoms with E-state index in [1.165, 1.54) is 26.4 Å². The molecule has 1 aromatic carbocycles. The van der Waals surface area contributed by atoms with Gasteiger partial charge in [0.2, 0.25) is 0 Å². The lowest BCUT2D eigenvalue weighted by Crippen LogP contribution is -2.15. The largest absolute Gasteiger partial charge is 0.493 e. The molecule has 0 saturated heterocycles. The molecular weight excluding hydrogens is 317 g/mol. The number of Topliss-reactive ketones (excluding diaryl/α,β-unsaturated/α-hetero) is 1. The van der Waals surface area contributed by atoms with Gasteiger partial charge in [-0.2, -0.15) is 13.2 Å². The van der Waals surface area contributed by atoms with Crippen molar-refractivity contribution in [1.82, 2.24) is 0 Å². The average molecular weight is 327 g/mol. The van der Waals surface area contributed by atoms with Crippen molar-refractivity contribution in [2.45, 2.75) is 12.6 Å². The molecule has 3 nitrogen and oxygen atoms in total. The van der Waals surface area contributed by atoms with Gasteiger partial charge < -0.3 is 9.47 Å². The molecule has 0 aliphatic rings. The van der Waals surface area contributed by atoms with E-state index in [1.807, 2.05) is 0 Å². The molecule has 0 radical (unpaired) electrons. The van der Waals surface area contributed by atoms with E-state index in [4.69, 9.17) is 9.47 Å². The zero-order chi connectivity index (χ0) is 13.9. The number of hydrogen-bond donors (Lipinski definition) is 0. The maximum atomic E-state index is 12.2. The van der Waals surface area contributed by atoms with Crippen LogP contribution in [0.25, 0.3) is 0 Å². The van der Waals surface area contributed by atoms with Crippen LogP contribution in [0.4, 0.5) is 13.2 Å². The number of alkyl halides is 3. The fraction of sp³-hybridized carbons (Fsp3) is 0.364. The summed E-state index contributed by atoms with van der Waals surface area (Å²) in [6, 6.07) is 2.61. The third-order valence-corrected chi connectivity index (χ3v) is 2.79. The molecule has 18 heavy (non-hydrogen) atoms. The van der Waals surface area contributed by atoms with Crippen molar-refractivity contribution in [3.05, 3.63) is 22.2 Å². The van der Waals surface area contributed by atoms with Crippen LogP contribution >= 0.6 is 15.9 Å². The van der Waals surface area contributed by atoms with Crippen molar-refractivity contribution < 1.29 is 27.4 Å². The summed E-state index contributed by atoms with van der Waals surface area (Å²) < 4.78 is 46.6. The minimum absolute atomic E-state index is 0.0926. The third-order valence-electron chi connectivity index (χ3n) is 2.13. The van der Waals surface area contributed by atoms with Gasteiger partial charge in [0.15, 0.2) is 17.3 Å². The molecule has 1 rings (SSSR count). The number of carbonyl (C=O) groups excluding carboxylic acids is 1. The van der Waals surface area contributed by atoms with E-state index < -0.39 is 18.4 Å². The Labute approximate surface area is 110 Å². The molecule has 0 aliphatic carbocycles. The summed E-state index contributed by atoms with van der Waals surface area (Å²) in [6.07, 6.45) is -6.05. The standard InChI is InChI=1S/C11H10BrF3O3/c1-17-9-3-6(7(12)4-10(9)18-2)8(16)5-11(13,14)15/h3-4H,5H2,1-2H3. The van der Waals surface area contributed by atoms with Gasteiger partial charge in [-0.05, 0) is 28.1 Å². The van der Waals surface area contributed by atoms with Crippen molar-refractivity contribution in [2.24, 2.45) is 0 Å². The molecule has 0 heterocycles. The summed E-state index contributed by atoms with van der Waals surface area (Å²) in [5.41, 5.74) is -0.0926. The van der Waals surface area contributed by atoms with E-state index in [0.717, 1.165) is 0 Å². The highest BCUT2D eigenvalue weighted by molar-refractivity contribution is 9.10. The van der Waals surface area contributed by atoms with Crippen LogP contribution in [0.2, 0.25) is 0 Å². The molecule has 0 fully saturated rings. The first-order chi connectivity index (χ1) is 8.28. The Morgan fingerprint density at radius 3 is 2.17 bits per heavy atom. The summed E-state index contributed by atoms with van der Waals surface area (Å²) in [4.78, 5) is 11.5. The summed E-state index contributed by atoms with van der Waals surface area (Å²) in [6.45, 7) is 0. The van der Waals surface area contributed by atoms with Gasteiger partial charge in [-0.3, -0.25) is 4.79 Å². The molecular formula is C11H10BrF3O3. The Bertz CT molecular complexity index is 458. The van der Waals surface area contributed by atoms with E-state index in [0.29, 0.717) is 5.75 Å². The highest BCUT2D eigenvalue weighted by Crippen LogP contribution is 2.35. The van der Waals surface area contributed by atoms with Crippen LogP contribution in [0, 0.1) is 0 Å². The number of benzene rings is 1. The topological polar surface area (TPSA) is 35.5 Å². The fourth-order valence-electron chi connectivity index (χ4n) is 1.35. The molecule has 0 aliphatic heterocycles. The zero-order valence-electron chi connectivity index (χ0n) is 9.60. The number of ketones is 1. The molecule has 0 atom stereocenters. The Morgan fingerprint density at radius 1 is 1.22 bits per heavy atom. The molecule has 0 N–H and O–H groups in total. The predicted molar refractivity (Wildman–Crippen MR) is 62.2 cm³/mol. The number of halogens is 4. The summed E-state index contributed by atoms with van der Waals surface area (Å²) >= 11 is 3.04. The summed E-state index contributed by atoms with van der Waals surface area (Å²) in [5, 5.41) is 0.